The molecule has 4 aromatic rings. The van der Waals surface area contributed by atoms with Gasteiger partial charge in [0.15, 0.2) is 0 Å². The molecule has 2 saturated heterocycles. The van der Waals surface area contributed by atoms with Crippen LogP contribution in [0.3, 0.4) is 0 Å². The maximum atomic E-state index is 12.8. The van der Waals surface area contributed by atoms with Crippen LogP contribution in [-0.4, -0.2) is 45.6 Å². The molecule has 1 aromatic carbocycles. The summed E-state index contributed by atoms with van der Waals surface area (Å²) in [6.45, 7) is 3.34. The van der Waals surface area contributed by atoms with Crippen molar-refractivity contribution >= 4 is 40.3 Å². The van der Waals surface area contributed by atoms with Crippen LogP contribution < -0.4 is 15.5 Å². The minimum atomic E-state index is -0.0950. The zero-order valence-electron chi connectivity index (χ0n) is 18.9. The average Bonchev–Trinajstić information content (AvgIpc) is 3.31. The zero-order chi connectivity index (χ0) is 23.6. The fourth-order valence-electron chi connectivity index (χ4n) is 5.20. The Morgan fingerprint density at radius 3 is 2.71 bits per heavy atom. The molecule has 7 rings (SSSR count). The number of carbonyl (C=O) groups is 1. The molecule has 1 amide bonds. The van der Waals surface area contributed by atoms with Crippen molar-refractivity contribution in [2.75, 3.05) is 29.9 Å². The van der Waals surface area contributed by atoms with Crippen molar-refractivity contribution in [3.63, 3.8) is 0 Å². The quantitative estimate of drug-likeness (QED) is 0.416. The Morgan fingerprint density at radius 1 is 1.09 bits per heavy atom. The molecule has 3 aromatic heterocycles. The molecule has 0 unspecified atom stereocenters. The van der Waals surface area contributed by atoms with Crippen LogP contribution in [-0.2, 0) is 11.3 Å². The molecule has 2 fully saturated rings. The van der Waals surface area contributed by atoms with Gasteiger partial charge in [0.05, 0.1) is 47.2 Å². The molecule has 0 bridgehead atoms. The van der Waals surface area contributed by atoms with E-state index in [2.05, 4.69) is 31.6 Å². The Hall–Kier alpha value is -3.62. The van der Waals surface area contributed by atoms with E-state index in [9.17, 15) is 4.79 Å². The van der Waals surface area contributed by atoms with Crippen LogP contribution in [0.2, 0.25) is 5.02 Å². The van der Waals surface area contributed by atoms with Gasteiger partial charge in [-0.15, -0.1) is 0 Å². The number of nitrogens with zero attached hydrogens (tertiary/aromatic N) is 4. The number of halogens is 1. The SMILES string of the molecule is O=C1NCc2c(-c3cnc4cc(Cl)ccn34)ccc(Nc3ccc(N4CCC5(CC4)CO5)cn3)c21. The molecule has 3 aliphatic heterocycles. The molecule has 6 heterocycles. The molecule has 0 atom stereocenters. The number of hydrogen-bond acceptors (Lipinski definition) is 6. The number of epoxide rings is 1. The second-order valence-corrected chi connectivity index (χ2v) is 9.84. The molecule has 0 aliphatic carbocycles. The molecular formula is C26H23ClN6O2. The van der Waals surface area contributed by atoms with Crippen LogP contribution in [0.5, 0.6) is 0 Å². The van der Waals surface area contributed by atoms with Gasteiger partial charge < -0.3 is 20.3 Å². The first-order valence-electron chi connectivity index (χ1n) is 11.8. The normalized spacial score (nSPS) is 18.1. The Kier molecular flexibility index (Phi) is 4.56. The first-order valence-corrected chi connectivity index (χ1v) is 12.2. The molecule has 176 valence electrons. The maximum Gasteiger partial charge on any atom is 0.254 e. The number of imidazole rings is 1. The minimum absolute atomic E-state index is 0.0950. The summed E-state index contributed by atoms with van der Waals surface area (Å²) in [6.07, 6.45) is 7.75. The van der Waals surface area contributed by atoms with Crippen LogP contribution in [0.1, 0.15) is 28.8 Å². The van der Waals surface area contributed by atoms with E-state index in [4.69, 9.17) is 16.3 Å². The van der Waals surface area contributed by atoms with E-state index in [1.54, 1.807) is 0 Å². The molecule has 9 heteroatoms. The lowest BCUT2D eigenvalue weighted by Gasteiger charge is -2.32. The molecule has 0 saturated carbocycles. The number of amides is 1. The van der Waals surface area contributed by atoms with Gasteiger partial charge in [-0.3, -0.25) is 9.20 Å². The third-order valence-corrected chi connectivity index (χ3v) is 7.56. The number of anilines is 3. The standard InChI is InChI=1S/C26H23ClN6O2/c27-16-5-8-33-21(14-29-23(33)11-16)18-2-3-20(24-19(18)13-30-25(24)34)31-22-4-1-17(12-28-22)32-9-6-26(7-10-32)15-35-26/h1-5,8,11-12,14H,6-7,9-10,13,15H2,(H,28,31)(H,30,34). The van der Waals surface area contributed by atoms with Gasteiger partial charge in [-0.25, -0.2) is 9.97 Å². The van der Waals surface area contributed by atoms with Gasteiger partial charge in [-0.1, -0.05) is 17.7 Å². The van der Waals surface area contributed by atoms with Gasteiger partial charge in [-0.2, -0.15) is 0 Å². The minimum Gasteiger partial charge on any atom is -0.370 e. The summed E-state index contributed by atoms with van der Waals surface area (Å²) in [7, 11) is 0. The highest BCUT2D eigenvalue weighted by Crippen LogP contribution is 2.39. The van der Waals surface area contributed by atoms with Crippen molar-refractivity contribution in [3.8, 4) is 11.3 Å². The van der Waals surface area contributed by atoms with E-state index < -0.39 is 0 Å². The van der Waals surface area contributed by atoms with Crippen molar-refractivity contribution in [2.45, 2.75) is 25.0 Å². The summed E-state index contributed by atoms with van der Waals surface area (Å²) in [4.78, 5) is 24.3. The Bertz CT molecular complexity index is 1470. The van der Waals surface area contributed by atoms with E-state index in [0.29, 0.717) is 22.9 Å². The topological polar surface area (TPSA) is 87.1 Å². The molecule has 1 spiro atoms. The summed E-state index contributed by atoms with van der Waals surface area (Å²) < 4.78 is 7.60. The number of fused-ring (bicyclic) bond motifs is 2. The average molecular weight is 487 g/mol. The van der Waals surface area contributed by atoms with Crippen LogP contribution in [0.4, 0.5) is 17.2 Å². The third-order valence-electron chi connectivity index (χ3n) is 7.32. The monoisotopic (exact) mass is 486 g/mol. The lowest BCUT2D eigenvalue weighted by atomic mass is 9.97. The number of pyridine rings is 2. The number of aromatic nitrogens is 3. The first-order chi connectivity index (χ1) is 17.1. The second-order valence-electron chi connectivity index (χ2n) is 9.40. The molecule has 0 radical (unpaired) electrons. The number of hydrogen-bond donors (Lipinski definition) is 2. The summed E-state index contributed by atoms with van der Waals surface area (Å²) >= 11 is 6.12. The fraction of sp³-hybridized carbons (Fsp3) is 0.269. The summed E-state index contributed by atoms with van der Waals surface area (Å²) in [5.74, 6) is 0.606. The molecule has 2 N–H and O–H groups in total. The Balaban J connectivity index is 1.17. The van der Waals surface area contributed by atoms with Crippen molar-refractivity contribution < 1.29 is 9.53 Å². The van der Waals surface area contributed by atoms with Gasteiger partial charge in [-0.05, 0) is 42.7 Å². The smallest absolute Gasteiger partial charge is 0.254 e. The number of ether oxygens (including phenoxy) is 1. The van der Waals surface area contributed by atoms with E-state index in [1.165, 1.54) is 0 Å². The largest absolute Gasteiger partial charge is 0.370 e. The van der Waals surface area contributed by atoms with Gasteiger partial charge >= 0.3 is 0 Å². The number of benzene rings is 1. The van der Waals surface area contributed by atoms with Crippen LogP contribution in [0.15, 0.2) is 55.0 Å². The first kappa shape index (κ1) is 20.7. The predicted molar refractivity (Wildman–Crippen MR) is 134 cm³/mol. The maximum absolute atomic E-state index is 12.8. The van der Waals surface area contributed by atoms with Crippen LogP contribution in [0.25, 0.3) is 16.9 Å². The zero-order valence-corrected chi connectivity index (χ0v) is 19.7. The van der Waals surface area contributed by atoms with Crippen molar-refractivity contribution in [1.29, 1.82) is 0 Å². The highest BCUT2D eigenvalue weighted by molar-refractivity contribution is 6.30. The van der Waals surface area contributed by atoms with E-state index in [1.807, 2.05) is 53.3 Å². The molecule has 35 heavy (non-hydrogen) atoms. The molecule has 8 nitrogen and oxygen atoms in total. The highest BCUT2D eigenvalue weighted by atomic mass is 35.5. The van der Waals surface area contributed by atoms with Gasteiger partial charge in [0.1, 0.15) is 11.5 Å². The Morgan fingerprint density at radius 2 is 1.94 bits per heavy atom. The summed E-state index contributed by atoms with van der Waals surface area (Å²) in [6, 6.07) is 11.7. The van der Waals surface area contributed by atoms with E-state index in [-0.39, 0.29) is 11.5 Å². The predicted octanol–water partition coefficient (Wildman–Crippen LogP) is 4.41. The molecular weight excluding hydrogens is 464 g/mol. The van der Waals surface area contributed by atoms with Crippen LogP contribution >= 0.6 is 11.6 Å². The van der Waals surface area contributed by atoms with Crippen molar-refractivity contribution in [3.05, 3.63) is 71.1 Å². The number of carbonyl (C=O) groups excluding carboxylic acids is 1. The summed E-state index contributed by atoms with van der Waals surface area (Å²) in [5, 5.41) is 6.96. The highest BCUT2D eigenvalue weighted by Gasteiger charge is 2.46. The Labute approximate surface area is 206 Å². The van der Waals surface area contributed by atoms with Crippen molar-refractivity contribution in [1.82, 2.24) is 19.7 Å². The van der Waals surface area contributed by atoms with E-state index in [0.717, 1.165) is 66.4 Å². The summed E-state index contributed by atoms with van der Waals surface area (Å²) in [5.41, 5.74) is 6.23. The molecule has 3 aliphatic rings. The lowest BCUT2D eigenvalue weighted by molar-refractivity contribution is 0.0966. The number of piperidine rings is 1. The number of rotatable bonds is 4. The lowest BCUT2D eigenvalue weighted by Crippen LogP contribution is -2.37. The fourth-order valence-corrected chi connectivity index (χ4v) is 5.35. The van der Waals surface area contributed by atoms with Crippen LogP contribution in [0, 0.1) is 0 Å². The van der Waals surface area contributed by atoms with Gasteiger partial charge in [0.25, 0.3) is 5.91 Å². The van der Waals surface area contributed by atoms with Gasteiger partial charge in [0, 0.05) is 42.5 Å². The van der Waals surface area contributed by atoms with E-state index >= 15 is 0 Å². The number of nitrogens with one attached hydrogen (secondary N) is 2. The van der Waals surface area contributed by atoms with Crippen molar-refractivity contribution in [2.24, 2.45) is 0 Å². The second kappa shape index (κ2) is 7.69. The van der Waals surface area contributed by atoms with Gasteiger partial charge in [0.2, 0.25) is 0 Å². The third kappa shape index (κ3) is 3.52.